The summed E-state index contributed by atoms with van der Waals surface area (Å²) in [5.74, 6) is 0.395. The van der Waals surface area contributed by atoms with Crippen molar-refractivity contribution in [1.82, 2.24) is 15.0 Å². The number of H-pyrrole nitrogens is 1. The van der Waals surface area contributed by atoms with E-state index in [1.54, 1.807) is 18.6 Å². The smallest absolute Gasteiger partial charge is 0.139 e. The van der Waals surface area contributed by atoms with Gasteiger partial charge in [-0.15, -0.1) is 0 Å². The van der Waals surface area contributed by atoms with Crippen molar-refractivity contribution in [3.05, 3.63) is 48.7 Å². The molecule has 92 valence electrons. The fourth-order valence-electron chi connectivity index (χ4n) is 2.37. The van der Waals surface area contributed by atoms with Gasteiger partial charge in [-0.05, 0) is 30.3 Å². The van der Waals surface area contributed by atoms with E-state index in [4.69, 9.17) is 0 Å². The number of hydrogen-bond acceptors (Lipinski definition) is 3. The molecule has 0 amide bonds. The highest BCUT2D eigenvalue weighted by molar-refractivity contribution is 5.94. The Hall–Kier alpha value is -2.69. The molecule has 3 heterocycles. The maximum atomic E-state index is 13.4. The molecule has 0 bridgehead atoms. The van der Waals surface area contributed by atoms with E-state index in [9.17, 15) is 4.39 Å². The standard InChI is InChI=1S/C14H9FN4/c15-8-3-4-9-11(6-8)19-14-10(2-1-5-16-14)13-12(9)17-7-18-13/h1-7H,(H,16,19)(H,17,18). The Kier molecular flexibility index (Phi) is 1.97. The van der Waals surface area contributed by atoms with E-state index in [0.717, 1.165) is 22.5 Å². The van der Waals surface area contributed by atoms with E-state index in [1.165, 1.54) is 12.1 Å². The average molecular weight is 252 g/mol. The van der Waals surface area contributed by atoms with Crippen LogP contribution in [0, 0.1) is 5.82 Å². The first-order chi connectivity index (χ1) is 9.33. The Morgan fingerprint density at radius 3 is 2.95 bits per heavy atom. The van der Waals surface area contributed by atoms with Gasteiger partial charge in [0.05, 0.1) is 23.4 Å². The van der Waals surface area contributed by atoms with Crippen molar-refractivity contribution < 1.29 is 4.39 Å². The number of hydrogen-bond donors (Lipinski definition) is 2. The molecule has 0 radical (unpaired) electrons. The lowest BCUT2D eigenvalue weighted by Crippen LogP contribution is -1.95. The lowest BCUT2D eigenvalue weighted by molar-refractivity contribution is 0.628. The van der Waals surface area contributed by atoms with Crippen molar-refractivity contribution >= 4 is 11.5 Å². The van der Waals surface area contributed by atoms with Crippen molar-refractivity contribution in [2.45, 2.75) is 0 Å². The number of pyridine rings is 1. The summed E-state index contributed by atoms with van der Waals surface area (Å²) in [5, 5.41) is 3.17. The predicted molar refractivity (Wildman–Crippen MR) is 70.5 cm³/mol. The number of imidazole rings is 1. The predicted octanol–water partition coefficient (Wildman–Crippen LogP) is 3.33. The maximum Gasteiger partial charge on any atom is 0.139 e. The molecular weight excluding hydrogens is 243 g/mol. The van der Waals surface area contributed by atoms with Gasteiger partial charge < -0.3 is 10.3 Å². The summed E-state index contributed by atoms with van der Waals surface area (Å²) in [6.45, 7) is 0. The van der Waals surface area contributed by atoms with Crippen molar-refractivity contribution in [2.75, 3.05) is 5.32 Å². The molecule has 1 aliphatic heterocycles. The Bertz CT molecular complexity index is 779. The first-order valence-electron chi connectivity index (χ1n) is 5.88. The van der Waals surface area contributed by atoms with Crippen molar-refractivity contribution in [3.8, 4) is 22.5 Å². The van der Waals surface area contributed by atoms with Gasteiger partial charge in [0.1, 0.15) is 11.6 Å². The van der Waals surface area contributed by atoms with Crippen LogP contribution in [0.15, 0.2) is 42.9 Å². The molecule has 3 aromatic rings. The first kappa shape index (κ1) is 10.3. The van der Waals surface area contributed by atoms with Gasteiger partial charge in [-0.1, -0.05) is 0 Å². The Morgan fingerprint density at radius 2 is 2.00 bits per heavy atom. The van der Waals surface area contributed by atoms with Gasteiger partial charge >= 0.3 is 0 Å². The highest BCUT2D eigenvalue weighted by atomic mass is 19.1. The molecular formula is C14H9FN4. The van der Waals surface area contributed by atoms with Gasteiger partial charge in [0.2, 0.25) is 0 Å². The highest BCUT2D eigenvalue weighted by Gasteiger charge is 2.21. The van der Waals surface area contributed by atoms with Crippen LogP contribution in [0.25, 0.3) is 22.5 Å². The Balaban J connectivity index is 2.09. The molecule has 19 heavy (non-hydrogen) atoms. The third-order valence-electron chi connectivity index (χ3n) is 3.21. The zero-order valence-electron chi connectivity index (χ0n) is 9.81. The minimum Gasteiger partial charge on any atom is -0.344 e. The minimum absolute atomic E-state index is 0.285. The summed E-state index contributed by atoms with van der Waals surface area (Å²) in [7, 11) is 0. The molecule has 1 aliphatic rings. The van der Waals surface area contributed by atoms with Crippen LogP contribution in [-0.4, -0.2) is 15.0 Å². The molecule has 4 rings (SSSR count). The van der Waals surface area contributed by atoms with Gasteiger partial charge in [0.15, 0.2) is 0 Å². The molecule has 0 unspecified atom stereocenters. The van der Waals surface area contributed by atoms with Crippen LogP contribution in [0.5, 0.6) is 0 Å². The molecule has 4 nitrogen and oxygen atoms in total. The molecule has 1 aromatic carbocycles. The van der Waals surface area contributed by atoms with Gasteiger partial charge in [-0.3, -0.25) is 0 Å². The fourth-order valence-corrected chi connectivity index (χ4v) is 2.37. The van der Waals surface area contributed by atoms with Crippen LogP contribution >= 0.6 is 0 Å². The maximum absolute atomic E-state index is 13.4. The van der Waals surface area contributed by atoms with Crippen LogP contribution in [-0.2, 0) is 0 Å². The van der Waals surface area contributed by atoms with Crippen LogP contribution < -0.4 is 5.32 Å². The van der Waals surface area contributed by atoms with E-state index in [1.807, 2.05) is 12.1 Å². The summed E-state index contributed by atoms with van der Waals surface area (Å²) in [5.41, 5.74) is 4.15. The van der Waals surface area contributed by atoms with Crippen LogP contribution in [0.3, 0.4) is 0 Å². The summed E-state index contributed by atoms with van der Waals surface area (Å²) in [6, 6.07) is 8.44. The number of anilines is 2. The number of nitrogens with one attached hydrogen (secondary N) is 2. The number of aromatic nitrogens is 3. The summed E-state index contributed by atoms with van der Waals surface area (Å²) in [6.07, 6.45) is 3.34. The molecule has 2 aromatic heterocycles. The monoisotopic (exact) mass is 252 g/mol. The van der Waals surface area contributed by atoms with E-state index in [2.05, 4.69) is 20.3 Å². The minimum atomic E-state index is -0.285. The third kappa shape index (κ3) is 1.45. The number of nitrogens with zero attached hydrogens (tertiary/aromatic N) is 2. The normalized spacial score (nSPS) is 11.8. The van der Waals surface area contributed by atoms with E-state index in [-0.39, 0.29) is 5.82 Å². The third-order valence-corrected chi connectivity index (χ3v) is 3.21. The molecule has 0 saturated carbocycles. The zero-order valence-corrected chi connectivity index (χ0v) is 9.81. The van der Waals surface area contributed by atoms with Gasteiger partial charge in [0, 0.05) is 17.3 Å². The second-order valence-electron chi connectivity index (χ2n) is 4.34. The highest BCUT2D eigenvalue weighted by Crippen LogP contribution is 2.41. The number of fused-ring (bicyclic) bond motifs is 5. The van der Waals surface area contributed by atoms with Crippen molar-refractivity contribution in [3.63, 3.8) is 0 Å². The van der Waals surface area contributed by atoms with Crippen molar-refractivity contribution in [1.29, 1.82) is 0 Å². The Labute approximate surface area is 108 Å². The number of halogens is 1. The summed E-state index contributed by atoms with van der Waals surface area (Å²) in [4.78, 5) is 11.8. The van der Waals surface area contributed by atoms with Gasteiger partial charge in [0.25, 0.3) is 0 Å². The molecule has 2 N–H and O–H groups in total. The molecule has 5 heteroatoms. The largest absolute Gasteiger partial charge is 0.344 e. The lowest BCUT2D eigenvalue weighted by Gasteiger charge is -2.08. The van der Waals surface area contributed by atoms with E-state index in [0.29, 0.717) is 11.5 Å². The molecule has 0 fully saturated rings. The van der Waals surface area contributed by atoms with Crippen LogP contribution in [0.1, 0.15) is 0 Å². The van der Waals surface area contributed by atoms with Gasteiger partial charge in [-0.25, -0.2) is 14.4 Å². The van der Waals surface area contributed by atoms with Crippen LogP contribution in [0.2, 0.25) is 0 Å². The molecule has 0 saturated heterocycles. The molecule has 0 spiro atoms. The Morgan fingerprint density at radius 1 is 1.05 bits per heavy atom. The second-order valence-corrected chi connectivity index (χ2v) is 4.34. The average Bonchev–Trinajstić information content (AvgIpc) is 2.84. The molecule has 0 atom stereocenters. The number of aromatic amines is 1. The van der Waals surface area contributed by atoms with Gasteiger partial charge in [-0.2, -0.15) is 0 Å². The number of rotatable bonds is 0. The summed E-state index contributed by atoms with van der Waals surface area (Å²) >= 11 is 0. The number of benzene rings is 1. The van der Waals surface area contributed by atoms with Crippen molar-refractivity contribution in [2.24, 2.45) is 0 Å². The topological polar surface area (TPSA) is 53.6 Å². The fraction of sp³-hybridized carbons (Fsp3) is 0. The van der Waals surface area contributed by atoms with Crippen LogP contribution in [0.4, 0.5) is 15.9 Å². The van der Waals surface area contributed by atoms with E-state index < -0.39 is 0 Å². The molecule has 0 aliphatic carbocycles. The quantitative estimate of drug-likeness (QED) is 0.504. The first-order valence-corrected chi connectivity index (χ1v) is 5.88. The van der Waals surface area contributed by atoms with E-state index >= 15 is 0 Å². The SMILES string of the molecule is Fc1ccc2c(c1)Nc1ncccc1-c1nc[nH]c1-2. The second kappa shape index (κ2) is 3.65. The summed E-state index contributed by atoms with van der Waals surface area (Å²) < 4.78 is 13.4. The zero-order chi connectivity index (χ0) is 12.8. The lowest BCUT2D eigenvalue weighted by atomic mass is 10.1.